The highest BCUT2D eigenvalue weighted by Crippen LogP contribution is 2.31. The molecular weight excluding hydrogens is 266 g/mol. The maximum absolute atomic E-state index is 9.73. The van der Waals surface area contributed by atoms with Crippen molar-refractivity contribution in [2.24, 2.45) is 0 Å². The van der Waals surface area contributed by atoms with E-state index in [0.29, 0.717) is 13.2 Å². The molecule has 0 radical (unpaired) electrons. The molecule has 0 aliphatic rings. The Labute approximate surface area is 125 Å². The van der Waals surface area contributed by atoms with E-state index in [-0.39, 0.29) is 6.04 Å². The monoisotopic (exact) mass is 289 g/mol. The van der Waals surface area contributed by atoms with E-state index in [4.69, 9.17) is 9.47 Å². The lowest BCUT2D eigenvalue weighted by molar-refractivity contribution is 0.0631. The van der Waals surface area contributed by atoms with Crippen LogP contribution in [0.5, 0.6) is 5.75 Å². The van der Waals surface area contributed by atoms with Crippen molar-refractivity contribution in [2.45, 2.75) is 19.1 Å². The van der Waals surface area contributed by atoms with Crippen molar-refractivity contribution in [1.29, 1.82) is 0 Å². The van der Waals surface area contributed by atoms with Gasteiger partial charge in [-0.25, -0.2) is 0 Å². The summed E-state index contributed by atoms with van der Waals surface area (Å²) in [5.74, 6) is 0.876. The van der Waals surface area contributed by atoms with Crippen molar-refractivity contribution in [1.82, 2.24) is 5.32 Å². The summed E-state index contributed by atoms with van der Waals surface area (Å²) in [4.78, 5) is 0. The number of hydrogen-bond donors (Lipinski definition) is 2. The van der Waals surface area contributed by atoms with E-state index in [9.17, 15) is 5.11 Å². The second-order valence-corrected chi connectivity index (χ2v) is 5.14. The number of nitrogens with one attached hydrogen (secondary N) is 1. The van der Waals surface area contributed by atoms with Gasteiger partial charge in [-0.3, -0.25) is 0 Å². The fourth-order valence-corrected chi connectivity index (χ4v) is 2.52. The van der Waals surface area contributed by atoms with Gasteiger partial charge >= 0.3 is 0 Å². The maximum atomic E-state index is 9.73. The Hall–Kier alpha value is -1.62. The molecule has 2 unspecified atom stereocenters. The second-order valence-electron chi connectivity index (χ2n) is 5.14. The molecule has 0 saturated heterocycles. The molecule has 0 heterocycles. The first-order valence-electron chi connectivity index (χ1n) is 7.13. The van der Waals surface area contributed by atoms with Crippen molar-refractivity contribution in [3.8, 4) is 5.75 Å². The fourth-order valence-electron chi connectivity index (χ4n) is 2.52. The van der Waals surface area contributed by atoms with Crippen molar-refractivity contribution in [3.05, 3.63) is 42.0 Å². The van der Waals surface area contributed by atoms with Gasteiger partial charge < -0.3 is 19.9 Å². The van der Waals surface area contributed by atoms with Crippen LogP contribution in [0.1, 0.15) is 18.5 Å². The van der Waals surface area contributed by atoms with Gasteiger partial charge in [0, 0.05) is 25.1 Å². The molecule has 2 aromatic carbocycles. The summed E-state index contributed by atoms with van der Waals surface area (Å²) in [6, 6.07) is 12.4. The Bertz CT molecular complexity index is 585. The van der Waals surface area contributed by atoms with Crippen molar-refractivity contribution < 1.29 is 14.6 Å². The van der Waals surface area contributed by atoms with Gasteiger partial charge in [0.05, 0.1) is 19.8 Å². The lowest BCUT2D eigenvalue weighted by atomic mass is 9.99. The molecule has 2 atom stereocenters. The maximum Gasteiger partial charge on any atom is 0.126 e. The number of aliphatic hydroxyl groups is 1. The van der Waals surface area contributed by atoms with Crippen LogP contribution in [0, 0.1) is 0 Å². The molecule has 21 heavy (non-hydrogen) atoms. The van der Waals surface area contributed by atoms with E-state index in [0.717, 1.165) is 16.5 Å². The van der Waals surface area contributed by atoms with Crippen LogP contribution in [0.4, 0.5) is 0 Å². The predicted molar refractivity (Wildman–Crippen MR) is 84.8 cm³/mol. The first-order valence-corrected chi connectivity index (χ1v) is 7.13. The summed E-state index contributed by atoms with van der Waals surface area (Å²) in [5, 5.41) is 15.3. The minimum absolute atomic E-state index is 0.132. The number of methoxy groups -OCH3 is 2. The second kappa shape index (κ2) is 7.41. The molecule has 0 aliphatic carbocycles. The quantitative estimate of drug-likeness (QED) is 0.822. The lowest BCUT2D eigenvalue weighted by Gasteiger charge is -2.19. The first-order chi connectivity index (χ1) is 10.2. The minimum Gasteiger partial charge on any atom is -0.496 e. The lowest BCUT2D eigenvalue weighted by Crippen LogP contribution is -2.31. The molecule has 114 valence electrons. The molecule has 4 heteroatoms. The van der Waals surface area contributed by atoms with Gasteiger partial charge in [-0.15, -0.1) is 0 Å². The number of rotatable bonds is 7. The molecule has 0 fully saturated rings. The van der Waals surface area contributed by atoms with E-state index >= 15 is 0 Å². The molecule has 0 bridgehead atoms. The van der Waals surface area contributed by atoms with E-state index in [1.165, 1.54) is 5.56 Å². The van der Waals surface area contributed by atoms with Gasteiger partial charge in [-0.05, 0) is 23.9 Å². The standard InChI is InChI=1S/C17H23NO3/c1-12(18-10-13(19)11-20-2)14-8-9-17(21-3)16-7-5-4-6-15(14)16/h4-9,12-13,18-19H,10-11H2,1-3H3. The Morgan fingerprint density at radius 1 is 1.10 bits per heavy atom. The van der Waals surface area contributed by atoms with E-state index in [2.05, 4.69) is 30.4 Å². The van der Waals surface area contributed by atoms with Crippen LogP contribution in [0.15, 0.2) is 36.4 Å². The van der Waals surface area contributed by atoms with Gasteiger partial charge in [-0.2, -0.15) is 0 Å². The number of fused-ring (bicyclic) bond motifs is 1. The van der Waals surface area contributed by atoms with E-state index < -0.39 is 6.10 Å². The Balaban J connectivity index is 2.21. The van der Waals surface area contributed by atoms with Gasteiger partial charge in [0.2, 0.25) is 0 Å². The van der Waals surface area contributed by atoms with E-state index in [1.54, 1.807) is 14.2 Å². The summed E-state index contributed by atoms with van der Waals surface area (Å²) in [7, 11) is 3.27. The highest BCUT2D eigenvalue weighted by molar-refractivity contribution is 5.91. The molecule has 0 amide bonds. The molecule has 4 nitrogen and oxygen atoms in total. The molecule has 2 aromatic rings. The fraction of sp³-hybridized carbons (Fsp3) is 0.412. The summed E-state index contributed by atoms with van der Waals surface area (Å²) in [5.41, 5.74) is 1.19. The summed E-state index contributed by atoms with van der Waals surface area (Å²) < 4.78 is 10.4. The topological polar surface area (TPSA) is 50.7 Å². The zero-order chi connectivity index (χ0) is 15.2. The number of aliphatic hydroxyl groups excluding tert-OH is 1. The molecule has 0 aromatic heterocycles. The third-order valence-corrected chi connectivity index (χ3v) is 3.62. The van der Waals surface area contributed by atoms with Crippen LogP contribution >= 0.6 is 0 Å². The van der Waals surface area contributed by atoms with Crippen molar-refractivity contribution in [3.63, 3.8) is 0 Å². The number of ether oxygens (including phenoxy) is 2. The number of benzene rings is 2. The van der Waals surface area contributed by atoms with Gasteiger partial charge in [-0.1, -0.05) is 30.3 Å². The third kappa shape index (κ3) is 3.73. The highest BCUT2D eigenvalue weighted by Gasteiger charge is 2.13. The molecular formula is C17H23NO3. The normalized spacial score (nSPS) is 14.1. The smallest absolute Gasteiger partial charge is 0.126 e. The van der Waals surface area contributed by atoms with Crippen LogP contribution in [-0.2, 0) is 4.74 Å². The summed E-state index contributed by atoms with van der Waals surface area (Å²) >= 11 is 0. The van der Waals surface area contributed by atoms with Crippen LogP contribution in [0.25, 0.3) is 10.8 Å². The predicted octanol–water partition coefficient (Wildman–Crippen LogP) is 2.51. The average Bonchev–Trinajstić information content (AvgIpc) is 2.51. The SMILES string of the molecule is COCC(O)CNC(C)c1ccc(OC)c2ccccc12. The molecule has 2 N–H and O–H groups in total. The number of hydrogen-bond acceptors (Lipinski definition) is 4. The Kier molecular flexibility index (Phi) is 5.56. The Morgan fingerprint density at radius 2 is 1.81 bits per heavy atom. The zero-order valence-corrected chi connectivity index (χ0v) is 12.8. The van der Waals surface area contributed by atoms with Gasteiger partial charge in [0.1, 0.15) is 5.75 Å². The minimum atomic E-state index is -0.498. The average molecular weight is 289 g/mol. The highest BCUT2D eigenvalue weighted by atomic mass is 16.5. The van der Waals surface area contributed by atoms with E-state index in [1.807, 2.05) is 18.2 Å². The molecule has 0 aliphatic heterocycles. The molecule has 0 saturated carbocycles. The van der Waals surface area contributed by atoms with Gasteiger partial charge in [0.15, 0.2) is 0 Å². The van der Waals surface area contributed by atoms with Crippen LogP contribution in [0.3, 0.4) is 0 Å². The Morgan fingerprint density at radius 3 is 2.48 bits per heavy atom. The van der Waals surface area contributed by atoms with Crippen LogP contribution in [-0.4, -0.2) is 38.6 Å². The third-order valence-electron chi connectivity index (χ3n) is 3.62. The first kappa shape index (κ1) is 15.8. The van der Waals surface area contributed by atoms with Crippen molar-refractivity contribution >= 4 is 10.8 Å². The zero-order valence-electron chi connectivity index (χ0n) is 12.8. The molecule has 0 spiro atoms. The van der Waals surface area contributed by atoms with Crippen molar-refractivity contribution in [2.75, 3.05) is 27.4 Å². The summed E-state index contributed by atoms with van der Waals surface area (Å²) in [6.45, 7) is 2.92. The summed E-state index contributed by atoms with van der Waals surface area (Å²) in [6.07, 6.45) is -0.498. The molecule has 2 rings (SSSR count). The van der Waals surface area contributed by atoms with Crippen LogP contribution < -0.4 is 10.1 Å². The van der Waals surface area contributed by atoms with Crippen LogP contribution in [0.2, 0.25) is 0 Å². The largest absolute Gasteiger partial charge is 0.496 e. The van der Waals surface area contributed by atoms with Gasteiger partial charge in [0.25, 0.3) is 0 Å².